The number of carbonyl (C=O) groups excluding carboxylic acids is 1. The molecule has 1 aliphatic heterocycles. The maximum absolute atomic E-state index is 11.6. The van der Waals surface area contributed by atoms with Crippen LogP contribution in [-0.2, 0) is 4.79 Å². The lowest BCUT2D eigenvalue weighted by Gasteiger charge is -2.14. The number of carbonyl (C=O) groups is 1. The molecule has 0 bridgehead atoms. The van der Waals surface area contributed by atoms with E-state index in [-0.39, 0.29) is 12.5 Å². The zero-order chi connectivity index (χ0) is 14.2. The van der Waals surface area contributed by atoms with E-state index in [0.717, 1.165) is 19.6 Å². The second kappa shape index (κ2) is 7.51. The SMILES string of the molecule is N#Cc1ccc(OCC(=O)NCCN2CCCC2)cc1. The standard InChI is InChI=1S/C15H19N3O2/c16-11-13-3-5-14(6-4-13)20-12-15(19)17-7-10-18-8-1-2-9-18/h3-6H,1-2,7-10,12H2,(H,17,19). The fraction of sp³-hybridized carbons (Fsp3) is 0.467. The highest BCUT2D eigenvalue weighted by atomic mass is 16.5. The van der Waals surface area contributed by atoms with E-state index in [4.69, 9.17) is 10.00 Å². The highest BCUT2D eigenvalue weighted by Gasteiger charge is 2.11. The number of nitriles is 1. The Bertz CT molecular complexity index is 473. The van der Waals surface area contributed by atoms with Gasteiger partial charge in [0.25, 0.3) is 5.91 Å². The molecule has 0 atom stereocenters. The van der Waals surface area contributed by atoms with Crippen LogP contribution in [0.4, 0.5) is 0 Å². The van der Waals surface area contributed by atoms with Crippen molar-refractivity contribution in [3.8, 4) is 11.8 Å². The van der Waals surface area contributed by atoms with Gasteiger partial charge in [0.15, 0.2) is 6.61 Å². The molecule has 1 aliphatic rings. The highest BCUT2D eigenvalue weighted by molar-refractivity contribution is 5.77. The number of ether oxygens (including phenoxy) is 1. The molecule has 0 aliphatic carbocycles. The van der Waals surface area contributed by atoms with Crippen molar-refractivity contribution in [2.24, 2.45) is 0 Å². The van der Waals surface area contributed by atoms with Crippen LogP contribution in [0.15, 0.2) is 24.3 Å². The van der Waals surface area contributed by atoms with E-state index in [1.807, 2.05) is 6.07 Å². The third-order valence-electron chi connectivity index (χ3n) is 3.30. The van der Waals surface area contributed by atoms with E-state index in [0.29, 0.717) is 17.9 Å². The molecule has 1 aromatic rings. The first kappa shape index (κ1) is 14.4. The predicted octanol–water partition coefficient (Wildman–Crippen LogP) is 1.15. The lowest BCUT2D eigenvalue weighted by molar-refractivity contribution is -0.123. The number of hydrogen-bond donors (Lipinski definition) is 1. The summed E-state index contributed by atoms with van der Waals surface area (Å²) >= 11 is 0. The van der Waals surface area contributed by atoms with Gasteiger partial charge in [-0.1, -0.05) is 0 Å². The molecule has 5 nitrogen and oxygen atoms in total. The van der Waals surface area contributed by atoms with E-state index in [2.05, 4.69) is 10.2 Å². The van der Waals surface area contributed by atoms with Gasteiger partial charge in [0.1, 0.15) is 5.75 Å². The number of hydrogen-bond acceptors (Lipinski definition) is 4. The monoisotopic (exact) mass is 273 g/mol. The van der Waals surface area contributed by atoms with Gasteiger partial charge < -0.3 is 15.0 Å². The summed E-state index contributed by atoms with van der Waals surface area (Å²) in [7, 11) is 0. The van der Waals surface area contributed by atoms with Crippen molar-refractivity contribution < 1.29 is 9.53 Å². The van der Waals surface area contributed by atoms with Crippen LogP contribution < -0.4 is 10.1 Å². The average molecular weight is 273 g/mol. The molecule has 2 rings (SSSR count). The smallest absolute Gasteiger partial charge is 0.257 e. The second-order valence-electron chi connectivity index (χ2n) is 4.82. The minimum absolute atomic E-state index is 0.00585. The molecule has 1 saturated heterocycles. The Morgan fingerprint density at radius 1 is 1.30 bits per heavy atom. The highest BCUT2D eigenvalue weighted by Crippen LogP contribution is 2.11. The molecule has 1 aromatic carbocycles. The molecule has 0 radical (unpaired) electrons. The van der Waals surface area contributed by atoms with E-state index < -0.39 is 0 Å². The maximum Gasteiger partial charge on any atom is 0.257 e. The van der Waals surface area contributed by atoms with Crippen LogP contribution in [0.25, 0.3) is 0 Å². The Hall–Kier alpha value is -2.06. The topological polar surface area (TPSA) is 65.4 Å². The Labute approximate surface area is 119 Å². The largest absolute Gasteiger partial charge is 0.484 e. The van der Waals surface area contributed by atoms with Crippen LogP contribution in [0, 0.1) is 11.3 Å². The second-order valence-corrected chi connectivity index (χ2v) is 4.82. The number of nitrogens with one attached hydrogen (secondary N) is 1. The molecule has 0 saturated carbocycles. The molecule has 1 N–H and O–H groups in total. The fourth-order valence-corrected chi connectivity index (χ4v) is 2.19. The summed E-state index contributed by atoms with van der Waals surface area (Å²) < 4.78 is 5.35. The Morgan fingerprint density at radius 3 is 2.65 bits per heavy atom. The third-order valence-corrected chi connectivity index (χ3v) is 3.30. The maximum atomic E-state index is 11.6. The normalized spacial score (nSPS) is 14.8. The number of benzene rings is 1. The Kier molecular flexibility index (Phi) is 5.39. The van der Waals surface area contributed by atoms with Crippen LogP contribution in [0.5, 0.6) is 5.75 Å². The van der Waals surface area contributed by atoms with Crippen LogP contribution in [0.2, 0.25) is 0 Å². The van der Waals surface area contributed by atoms with Gasteiger partial charge in [-0.25, -0.2) is 0 Å². The van der Waals surface area contributed by atoms with Crippen molar-refractivity contribution in [1.29, 1.82) is 5.26 Å². The summed E-state index contributed by atoms with van der Waals surface area (Å²) in [6.45, 7) is 3.85. The van der Waals surface area contributed by atoms with Gasteiger partial charge >= 0.3 is 0 Å². The van der Waals surface area contributed by atoms with E-state index in [9.17, 15) is 4.79 Å². The minimum atomic E-state index is -0.117. The molecule has 20 heavy (non-hydrogen) atoms. The summed E-state index contributed by atoms with van der Waals surface area (Å²) in [6.07, 6.45) is 2.52. The van der Waals surface area contributed by atoms with Gasteiger partial charge in [-0.2, -0.15) is 5.26 Å². The van der Waals surface area contributed by atoms with Crippen molar-refractivity contribution in [1.82, 2.24) is 10.2 Å². The van der Waals surface area contributed by atoms with Crippen molar-refractivity contribution in [2.45, 2.75) is 12.8 Å². The van der Waals surface area contributed by atoms with E-state index in [1.54, 1.807) is 24.3 Å². The molecule has 106 valence electrons. The number of nitrogens with zero attached hydrogens (tertiary/aromatic N) is 2. The van der Waals surface area contributed by atoms with Crippen LogP contribution >= 0.6 is 0 Å². The number of likely N-dealkylation sites (tertiary alicyclic amines) is 1. The Balaban J connectivity index is 1.62. The van der Waals surface area contributed by atoms with E-state index in [1.165, 1.54) is 12.8 Å². The lowest BCUT2D eigenvalue weighted by Crippen LogP contribution is -2.35. The molecular formula is C15H19N3O2. The summed E-state index contributed by atoms with van der Waals surface area (Å²) in [6, 6.07) is 8.75. The first-order chi connectivity index (χ1) is 9.78. The van der Waals surface area contributed by atoms with Gasteiger partial charge in [-0.05, 0) is 50.2 Å². The molecule has 1 fully saturated rings. The van der Waals surface area contributed by atoms with E-state index >= 15 is 0 Å². The zero-order valence-electron chi connectivity index (χ0n) is 11.5. The van der Waals surface area contributed by atoms with Crippen LogP contribution in [0.1, 0.15) is 18.4 Å². The summed E-state index contributed by atoms with van der Waals surface area (Å²) in [4.78, 5) is 14.0. The third kappa shape index (κ3) is 4.56. The van der Waals surface area contributed by atoms with Gasteiger partial charge in [-0.3, -0.25) is 4.79 Å². The molecule has 1 amide bonds. The number of rotatable bonds is 6. The summed E-state index contributed by atoms with van der Waals surface area (Å²) in [5, 5.41) is 11.5. The van der Waals surface area contributed by atoms with Crippen molar-refractivity contribution in [2.75, 3.05) is 32.8 Å². The minimum Gasteiger partial charge on any atom is -0.484 e. The van der Waals surface area contributed by atoms with Crippen molar-refractivity contribution in [3.05, 3.63) is 29.8 Å². The first-order valence-electron chi connectivity index (χ1n) is 6.90. The Morgan fingerprint density at radius 2 is 2.00 bits per heavy atom. The molecule has 0 unspecified atom stereocenters. The lowest BCUT2D eigenvalue weighted by atomic mass is 10.2. The zero-order valence-corrected chi connectivity index (χ0v) is 11.5. The van der Waals surface area contributed by atoms with Gasteiger partial charge in [0.2, 0.25) is 0 Å². The van der Waals surface area contributed by atoms with Gasteiger partial charge in [0, 0.05) is 13.1 Å². The molecule has 1 heterocycles. The average Bonchev–Trinajstić information content (AvgIpc) is 2.99. The fourth-order valence-electron chi connectivity index (χ4n) is 2.19. The van der Waals surface area contributed by atoms with Crippen molar-refractivity contribution in [3.63, 3.8) is 0 Å². The molecule has 5 heteroatoms. The molecule has 0 aromatic heterocycles. The van der Waals surface area contributed by atoms with Gasteiger partial charge in [-0.15, -0.1) is 0 Å². The van der Waals surface area contributed by atoms with Crippen molar-refractivity contribution >= 4 is 5.91 Å². The predicted molar refractivity (Wildman–Crippen MR) is 75.3 cm³/mol. The van der Waals surface area contributed by atoms with Crippen LogP contribution in [-0.4, -0.2) is 43.6 Å². The molecule has 0 spiro atoms. The first-order valence-corrected chi connectivity index (χ1v) is 6.90. The summed E-state index contributed by atoms with van der Waals surface area (Å²) in [5.41, 5.74) is 0.576. The molecular weight excluding hydrogens is 254 g/mol. The van der Waals surface area contributed by atoms with Gasteiger partial charge in [0.05, 0.1) is 11.6 Å². The number of amides is 1. The quantitative estimate of drug-likeness (QED) is 0.844. The van der Waals surface area contributed by atoms with Crippen LogP contribution in [0.3, 0.4) is 0 Å². The summed E-state index contributed by atoms with van der Waals surface area (Å²) in [5.74, 6) is 0.479.